The van der Waals surface area contributed by atoms with Crippen molar-refractivity contribution in [1.82, 2.24) is 5.32 Å². The van der Waals surface area contributed by atoms with Crippen molar-refractivity contribution in [3.05, 3.63) is 0 Å². The van der Waals surface area contributed by atoms with Gasteiger partial charge in [-0.2, -0.15) is 0 Å². The Balaban J connectivity index is 1.90. The molecule has 0 bridgehead atoms. The van der Waals surface area contributed by atoms with Crippen molar-refractivity contribution in [3.63, 3.8) is 0 Å². The predicted octanol–water partition coefficient (Wildman–Crippen LogP) is 4.27. The highest BCUT2D eigenvalue weighted by Gasteiger charge is 2.39. The minimum absolute atomic E-state index is 0.0246. The molecule has 0 aromatic heterocycles. The fraction of sp³-hybridized carbons (Fsp3) is 1.00. The van der Waals surface area contributed by atoms with E-state index in [0.29, 0.717) is 18.1 Å². The maximum atomic E-state index is 9.97. The van der Waals surface area contributed by atoms with Gasteiger partial charge in [0, 0.05) is 11.6 Å². The second-order valence-electron chi connectivity index (χ2n) is 8.41. The highest BCUT2D eigenvalue weighted by molar-refractivity contribution is 4.96. The summed E-state index contributed by atoms with van der Waals surface area (Å²) in [7, 11) is 0. The maximum absolute atomic E-state index is 9.97. The van der Waals surface area contributed by atoms with E-state index in [0.717, 1.165) is 18.8 Å². The van der Waals surface area contributed by atoms with Crippen LogP contribution >= 0.6 is 0 Å². The molecule has 0 heterocycles. The quantitative estimate of drug-likeness (QED) is 0.757. The molecule has 0 amide bonds. The first-order valence-electron chi connectivity index (χ1n) is 8.84. The third-order valence-electron chi connectivity index (χ3n) is 5.84. The fourth-order valence-corrected chi connectivity index (χ4v) is 4.24. The van der Waals surface area contributed by atoms with Crippen molar-refractivity contribution in [2.24, 2.45) is 11.3 Å². The van der Waals surface area contributed by atoms with E-state index in [4.69, 9.17) is 0 Å². The lowest BCUT2D eigenvalue weighted by Gasteiger charge is -2.45. The lowest BCUT2D eigenvalue weighted by molar-refractivity contribution is 0.0594. The molecule has 2 rings (SSSR count). The third kappa shape index (κ3) is 4.21. The van der Waals surface area contributed by atoms with Crippen molar-refractivity contribution >= 4 is 0 Å². The Morgan fingerprint density at radius 3 is 1.95 bits per heavy atom. The van der Waals surface area contributed by atoms with Crippen LogP contribution in [-0.2, 0) is 0 Å². The number of rotatable bonds is 3. The summed E-state index contributed by atoms with van der Waals surface area (Å²) in [6.07, 6.45) is 13.0. The van der Waals surface area contributed by atoms with Crippen LogP contribution in [0.2, 0.25) is 0 Å². The molecule has 2 N–H and O–H groups in total. The first-order chi connectivity index (χ1) is 9.45. The smallest absolute Gasteiger partial charge is 0.0613 e. The third-order valence-corrected chi connectivity index (χ3v) is 5.84. The molecular weight excluding hydrogens is 246 g/mol. The average Bonchev–Trinajstić information content (AvgIpc) is 2.67. The minimum Gasteiger partial charge on any atom is -0.394 e. The van der Waals surface area contributed by atoms with Crippen LogP contribution in [0.1, 0.15) is 85.0 Å². The zero-order valence-electron chi connectivity index (χ0n) is 13.9. The number of nitrogens with one attached hydrogen (secondary N) is 1. The lowest BCUT2D eigenvalue weighted by Crippen LogP contribution is -2.55. The molecule has 0 aromatic carbocycles. The zero-order chi connectivity index (χ0) is 14.6. The zero-order valence-corrected chi connectivity index (χ0v) is 13.9. The van der Waals surface area contributed by atoms with Crippen LogP contribution in [-0.4, -0.2) is 23.3 Å². The van der Waals surface area contributed by atoms with Crippen molar-refractivity contribution < 1.29 is 5.11 Å². The number of hydrogen-bond acceptors (Lipinski definition) is 2. The highest BCUT2D eigenvalue weighted by Crippen LogP contribution is 2.41. The predicted molar refractivity (Wildman–Crippen MR) is 85.9 cm³/mol. The Hall–Kier alpha value is -0.0800. The molecule has 0 aromatic rings. The Kier molecular flexibility index (Phi) is 5.53. The van der Waals surface area contributed by atoms with Gasteiger partial charge in [0.2, 0.25) is 0 Å². The Labute approximate surface area is 125 Å². The maximum Gasteiger partial charge on any atom is 0.0613 e. The van der Waals surface area contributed by atoms with Crippen LogP contribution in [0.5, 0.6) is 0 Å². The van der Waals surface area contributed by atoms with Gasteiger partial charge in [0.15, 0.2) is 0 Å². The van der Waals surface area contributed by atoms with Crippen molar-refractivity contribution in [3.8, 4) is 0 Å². The first kappa shape index (κ1) is 16.3. The van der Waals surface area contributed by atoms with E-state index in [1.807, 2.05) is 0 Å². The van der Waals surface area contributed by atoms with E-state index >= 15 is 0 Å². The van der Waals surface area contributed by atoms with Gasteiger partial charge in [0.05, 0.1) is 6.61 Å². The molecule has 2 saturated carbocycles. The van der Waals surface area contributed by atoms with Crippen molar-refractivity contribution in [2.75, 3.05) is 6.61 Å². The van der Waals surface area contributed by atoms with E-state index < -0.39 is 0 Å². The summed E-state index contributed by atoms with van der Waals surface area (Å²) in [6.45, 7) is 7.41. The van der Waals surface area contributed by atoms with Gasteiger partial charge < -0.3 is 10.4 Å². The topological polar surface area (TPSA) is 32.3 Å². The molecule has 20 heavy (non-hydrogen) atoms. The summed E-state index contributed by atoms with van der Waals surface area (Å²) in [6, 6.07) is 0.649. The molecule has 2 heteroatoms. The molecule has 0 saturated heterocycles. The van der Waals surface area contributed by atoms with Gasteiger partial charge in [0.25, 0.3) is 0 Å². The SMILES string of the molecule is CC(C)(C)C1CCC(CO)(NC2CCCCCC2)CC1. The molecule has 2 aliphatic rings. The van der Waals surface area contributed by atoms with Crippen molar-refractivity contribution in [2.45, 2.75) is 96.6 Å². The Morgan fingerprint density at radius 2 is 1.50 bits per heavy atom. The van der Waals surface area contributed by atoms with Gasteiger partial charge in [-0.1, -0.05) is 46.5 Å². The molecule has 2 fully saturated rings. The molecule has 0 atom stereocenters. The van der Waals surface area contributed by atoms with E-state index in [1.165, 1.54) is 51.4 Å². The summed E-state index contributed by atoms with van der Waals surface area (Å²) in [4.78, 5) is 0. The second kappa shape index (κ2) is 6.79. The van der Waals surface area contributed by atoms with E-state index in [2.05, 4.69) is 26.1 Å². The Bertz CT molecular complexity index is 278. The van der Waals surface area contributed by atoms with E-state index in [9.17, 15) is 5.11 Å². The van der Waals surface area contributed by atoms with Crippen LogP contribution in [0.4, 0.5) is 0 Å². The van der Waals surface area contributed by atoms with Gasteiger partial charge in [-0.05, 0) is 49.9 Å². The molecule has 2 nitrogen and oxygen atoms in total. The lowest BCUT2D eigenvalue weighted by atomic mass is 9.67. The van der Waals surface area contributed by atoms with Crippen molar-refractivity contribution in [1.29, 1.82) is 0 Å². The summed E-state index contributed by atoms with van der Waals surface area (Å²) >= 11 is 0. The van der Waals surface area contributed by atoms with Crippen LogP contribution in [0, 0.1) is 11.3 Å². The monoisotopic (exact) mass is 281 g/mol. The standard InChI is InChI=1S/C18H35NO/c1-17(2,3)15-10-12-18(14-20,13-11-15)19-16-8-6-4-5-7-9-16/h15-16,19-20H,4-14H2,1-3H3. The molecule has 0 unspecified atom stereocenters. The second-order valence-corrected chi connectivity index (χ2v) is 8.41. The molecule has 0 aliphatic heterocycles. The van der Waals surface area contributed by atoms with Gasteiger partial charge in [-0.25, -0.2) is 0 Å². The normalized spacial score (nSPS) is 33.9. The van der Waals surface area contributed by atoms with Gasteiger partial charge in [-0.15, -0.1) is 0 Å². The first-order valence-corrected chi connectivity index (χ1v) is 8.84. The Morgan fingerprint density at radius 1 is 0.950 bits per heavy atom. The molecule has 0 radical (unpaired) electrons. The van der Waals surface area contributed by atoms with Gasteiger partial charge in [-0.3, -0.25) is 0 Å². The van der Waals surface area contributed by atoms with Crippen LogP contribution in [0.3, 0.4) is 0 Å². The number of aliphatic hydroxyl groups excluding tert-OH is 1. The molecular formula is C18H35NO. The van der Waals surface area contributed by atoms with Crippen LogP contribution < -0.4 is 5.32 Å². The van der Waals surface area contributed by atoms with E-state index in [1.54, 1.807) is 0 Å². The van der Waals surface area contributed by atoms with Crippen LogP contribution in [0.15, 0.2) is 0 Å². The molecule has 118 valence electrons. The van der Waals surface area contributed by atoms with Gasteiger partial charge >= 0.3 is 0 Å². The van der Waals surface area contributed by atoms with Gasteiger partial charge in [0.1, 0.15) is 0 Å². The minimum atomic E-state index is 0.0246. The summed E-state index contributed by atoms with van der Waals surface area (Å²) < 4.78 is 0. The molecule has 2 aliphatic carbocycles. The highest BCUT2D eigenvalue weighted by atomic mass is 16.3. The van der Waals surface area contributed by atoms with Crippen LogP contribution in [0.25, 0.3) is 0 Å². The fourth-order valence-electron chi connectivity index (χ4n) is 4.24. The van der Waals surface area contributed by atoms with E-state index in [-0.39, 0.29) is 5.54 Å². The summed E-state index contributed by atoms with van der Waals surface area (Å²) in [5.41, 5.74) is 0.445. The summed E-state index contributed by atoms with van der Waals surface area (Å²) in [5.74, 6) is 0.818. The number of aliphatic hydroxyl groups is 1. The average molecular weight is 281 g/mol. The largest absolute Gasteiger partial charge is 0.394 e. The summed E-state index contributed by atoms with van der Waals surface area (Å²) in [5, 5.41) is 13.9. The number of hydrogen-bond donors (Lipinski definition) is 2. The molecule has 0 spiro atoms.